The highest BCUT2D eigenvalue weighted by Gasteiger charge is 2.21. The number of rotatable bonds is 6. The van der Waals surface area contributed by atoms with Crippen molar-refractivity contribution in [1.29, 1.82) is 0 Å². The van der Waals surface area contributed by atoms with E-state index in [2.05, 4.69) is 21.3 Å². The Kier molecular flexibility index (Phi) is 4.15. The zero-order valence-corrected chi connectivity index (χ0v) is 12.2. The van der Waals surface area contributed by atoms with Gasteiger partial charge in [-0.3, -0.25) is 0 Å². The van der Waals surface area contributed by atoms with Crippen LogP contribution in [0.2, 0.25) is 0 Å². The molecule has 0 aliphatic heterocycles. The molecule has 1 saturated carbocycles. The van der Waals surface area contributed by atoms with Gasteiger partial charge in [0, 0.05) is 37.9 Å². The average Bonchev–Trinajstić information content (AvgIpc) is 3.32. The van der Waals surface area contributed by atoms with Gasteiger partial charge >= 0.3 is 0 Å². The van der Waals surface area contributed by atoms with E-state index in [1.165, 1.54) is 30.5 Å². The molecule has 21 heavy (non-hydrogen) atoms. The van der Waals surface area contributed by atoms with Gasteiger partial charge in [0.1, 0.15) is 11.6 Å². The van der Waals surface area contributed by atoms with E-state index >= 15 is 0 Å². The lowest BCUT2D eigenvalue weighted by molar-refractivity contribution is 0.627. The summed E-state index contributed by atoms with van der Waals surface area (Å²) in [5, 5.41) is 3.52. The maximum Gasteiger partial charge on any atom is 0.133 e. The van der Waals surface area contributed by atoms with Crippen LogP contribution in [0.4, 0.5) is 10.2 Å². The van der Waals surface area contributed by atoms with Gasteiger partial charge in [0.15, 0.2) is 0 Å². The predicted molar refractivity (Wildman–Crippen MR) is 82.6 cm³/mol. The average molecular weight is 285 g/mol. The number of nitrogens with zero attached hydrogens (tertiary/aromatic N) is 2. The lowest BCUT2D eigenvalue weighted by Crippen LogP contribution is -2.22. The van der Waals surface area contributed by atoms with Crippen LogP contribution in [0.3, 0.4) is 0 Å². The lowest BCUT2D eigenvalue weighted by atomic mass is 10.2. The highest BCUT2D eigenvalue weighted by atomic mass is 19.1. The molecule has 1 aromatic heterocycles. The number of hydrogen-bond donors (Lipinski definition) is 1. The molecule has 1 fully saturated rings. The highest BCUT2D eigenvalue weighted by molar-refractivity contribution is 5.46. The summed E-state index contributed by atoms with van der Waals surface area (Å²) in [4.78, 5) is 6.61. The third-order valence-corrected chi connectivity index (χ3v) is 3.72. The van der Waals surface area contributed by atoms with Crippen LogP contribution < -0.4 is 10.2 Å². The normalized spacial score (nSPS) is 14.2. The van der Waals surface area contributed by atoms with Crippen LogP contribution in [-0.2, 0) is 13.1 Å². The van der Waals surface area contributed by atoms with Crippen LogP contribution in [0.1, 0.15) is 24.0 Å². The molecule has 1 N–H and O–H groups in total. The molecular weight excluding hydrogens is 265 g/mol. The Morgan fingerprint density at radius 3 is 2.71 bits per heavy atom. The first-order valence-corrected chi connectivity index (χ1v) is 7.35. The molecule has 1 heterocycles. The van der Waals surface area contributed by atoms with Crippen molar-refractivity contribution in [2.45, 2.75) is 32.0 Å². The number of aromatic nitrogens is 1. The van der Waals surface area contributed by atoms with Gasteiger partial charge in [0.25, 0.3) is 0 Å². The van der Waals surface area contributed by atoms with E-state index in [9.17, 15) is 4.39 Å². The van der Waals surface area contributed by atoms with Crippen molar-refractivity contribution in [1.82, 2.24) is 10.3 Å². The van der Waals surface area contributed by atoms with E-state index < -0.39 is 0 Å². The quantitative estimate of drug-likeness (QED) is 0.884. The fourth-order valence-electron chi connectivity index (χ4n) is 2.39. The summed E-state index contributed by atoms with van der Waals surface area (Å²) in [6, 6.07) is 11.4. The van der Waals surface area contributed by atoms with Crippen molar-refractivity contribution in [3.8, 4) is 0 Å². The molecule has 4 heteroatoms. The van der Waals surface area contributed by atoms with E-state index in [1.54, 1.807) is 0 Å². The van der Waals surface area contributed by atoms with Crippen molar-refractivity contribution in [3.63, 3.8) is 0 Å². The van der Waals surface area contributed by atoms with Crippen LogP contribution >= 0.6 is 0 Å². The molecule has 0 radical (unpaired) electrons. The number of halogens is 1. The Labute approximate surface area is 124 Å². The number of benzene rings is 1. The van der Waals surface area contributed by atoms with Crippen molar-refractivity contribution in [2.75, 3.05) is 11.9 Å². The van der Waals surface area contributed by atoms with Gasteiger partial charge < -0.3 is 10.2 Å². The van der Waals surface area contributed by atoms with E-state index in [0.29, 0.717) is 12.6 Å². The van der Waals surface area contributed by atoms with Gasteiger partial charge in [0.2, 0.25) is 0 Å². The smallest absolute Gasteiger partial charge is 0.133 e. The van der Waals surface area contributed by atoms with E-state index in [4.69, 9.17) is 0 Å². The minimum absolute atomic E-state index is 0.200. The summed E-state index contributed by atoms with van der Waals surface area (Å²) in [7, 11) is 2.02. The zero-order valence-electron chi connectivity index (χ0n) is 12.2. The summed E-state index contributed by atoms with van der Waals surface area (Å²) < 4.78 is 13.0. The Bertz CT molecular complexity index is 593. The maximum atomic E-state index is 13.0. The molecule has 0 saturated heterocycles. The number of anilines is 1. The van der Waals surface area contributed by atoms with Gasteiger partial charge in [-0.05, 0) is 36.6 Å². The lowest BCUT2D eigenvalue weighted by Gasteiger charge is -2.21. The molecule has 1 aliphatic rings. The largest absolute Gasteiger partial charge is 0.355 e. The van der Waals surface area contributed by atoms with Crippen LogP contribution in [0.5, 0.6) is 0 Å². The fraction of sp³-hybridized carbons (Fsp3) is 0.353. The molecule has 1 aromatic carbocycles. The summed E-state index contributed by atoms with van der Waals surface area (Å²) in [6.07, 6.45) is 4.37. The zero-order chi connectivity index (χ0) is 14.7. The van der Waals surface area contributed by atoms with Gasteiger partial charge in [-0.15, -0.1) is 0 Å². The minimum Gasteiger partial charge on any atom is -0.355 e. The first kappa shape index (κ1) is 14.0. The van der Waals surface area contributed by atoms with Crippen LogP contribution in [0.15, 0.2) is 42.6 Å². The third-order valence-electron chi connectivity index (χ3n) is 3.72. The Morgan fingerprint density at radius 2 is 2.00 bits per heavy atom. The molecule has 3 rings (SSSR count). The summed E-state index contributed by atoms with van der Waals surface area (Å²) in [5.74, 6) is 0.781. The van der Waals surface area contributed by atoms with Gasteiger partial charge in [-0.1, -0.05) is 18.2 Å². The van der Waals surface area contributed by atoms with Crippen molar-refractivity contribution in [2.24, 2.45) is 0 Å². The van der Waals surface area contributed by atoms with Crippen molar-refractivity contribution >= 4 is 5.82 Å². The predicted octanol–water partition coefficient (Wildman–Crippen LogP) is 3.11. The van der Waals surface area contributed by atoms with E-state index in [0.717, 1.165) is 17.9 Å². The van der Waals surface area contributed by atoms with Crippen LogP contribution in [0.25, 0.3) is 0 Å². The molecule has 0 bridgehead atoms. The third kappa shape index (κ3) is 3.79. The number of hydrogen-bond acceptors (Lipinski definition) is 3. The molecular formula is C17H20FN3. The Balaban J connectivity index is 1.70. The Hall–Kier alpha value is -1.94. The first-order valence-electron chi connectivity index (χ1n) is 7.35. The number of pyridine rings is 1. The first-order chi connectivity index (χ1) is 10.2. The SMILES string of the molecule is CN(Cc1ccc(F)cc1)c1ncccc1CNC1CC1. The molecule has 2 aromatic rings. The van der Waals surface area contributed by atoms with Gasteiger partial charge in [0.05, 0.1) is 0 Å². The minimum atomic E-state index is -0.200. The second-order valence-electron chi connectivity index (χ2n) is 5.62. The molecule has 0 atom stereocenters. The van der Waals surface area contributed by atoms with Gasteiger partial charge in [-0.25, -0.2) is 9.37 Å². The second kappa shape index (κ2) is 6.22. The maximum absolute atomic E-state index is 13.0. The van der Waals surface area contributed by atoms with Crippen molar-refractivity contribution in [3.05, 3.63) is 59.5 Å². The highest BCUT2D eigenvalue weighted by Crippen LogP contribution is 2.22. The van der Waals surface area contributed by atoms with Crippen LogP contribution in [0, 0.1) is 5.82 Å². The molecule has 0 spiro atoms. The summed E-state index contributed by atoms with van der Waals surface area (Å²) in [6.45, 7) is 1.56. The molecule has 0 unspecified atom stereocenters. The topological polar surface area (TPSA) is 28.2 Å². The molecule has 1 aliphatic carbocycles. The summed E-state index contributed by atoms with van der Waals surface area (Å²) in [5.41, 5.74) is 2.28. The molecule has 3 nitrogen and oxygen atoms in total. The molecule has 110 valence electrons. The summed E-state index contributed by atoms with van der Waals surface area (Å²) >= 11 is 0. The molecule has 0 amide bonds. The van der Waals surface area contributed by atoms with E-state index in [-0.39, 0.29) is 5.82 Å². The fourth-order valence-corrected chi connectivity index (χ4v) is 2.39. The Morgan fingerprint density at radius 1 is 1.24 bits per heavy atom. The monoisotopic (exact) mass is 285 g/mol. The van der Waals surface area contributed by atoms with Crippen LogP contribution in [-0.4, -0.2) is 18.1 Å². The van der Waals surface area contributed by atoms with Crippen molar-refractivity contribution < 1.29 is 4.39 Å². The van der Waals surface area contributed by atoms with E-state index in [1.807, 2.05) is 31.4 Å². The standard InChI is InChI=1S/C17H20FN3/c1-21(12-13-4-6-15(18)7-5-13)17-14(3-2-10-19-17)11-20-16-8-9-16/h2-7,10,16,20H,8-9,11-12H2,1H3. The van der Waals surface area contributed by atoms with Gasteiger partial charge in [-0.2, -0.15) is 0 Å². The number of nitrogens with one attached hydrogen (secondary N) is 1. The second-order valence-corrected chi connectivity index (χ2v) is 5.62.